The Morgan fingerprint density at radius 3 is 3.10 bits per heavy atom. The first-order chi connectivity index (χ1) is 4.86. The molecule has 0 amide bonds. The molecule has 1 rings (SSSR count). The number of allylic oxidation sites excluding steroid dienone is 2. The van der Waals surface area contributed by atoms with Crippen LogP contribution in [0.2, 0.25) is 0 Å². The minimum absolute atomic E-state index is 0.861. The Bertz CT molecular complexity index is 161. The molecule has 1 aliphatic rings. The average molecular weight is 139 g/mol. The molecule has 0 aliphatic carbocycles. The fourth-order valence-corrected chi connectivity index (χ4v) is 0.925. The lowest BCUT2D eigenvalue weighted by molar-refractivity contribution is -0.0798. The van der Waals surface area contributed by atoms with Gasteiger partial charge in [-0.25, -0.2) is 0 Å². The molecular formula is C8H13NO. The highest BCUT2D eigenvalue weighted by atomic mass is 16.7. The average Bonchev–Trinajstić information content (AvgIpc) is 2.05. The Morgan fingerprint density at radius 1 is 1.70 bits per heavy atom. The molecule has 0 aromatic heterocycles. The zero-order chi connectivity index (χ0) is 7.40. The number of hydrogen-bond acceptors (Lipinski definition) is 2. The molecule has 10 heavy (non-hydrogen) atoms. The van der Waals surface area contributed by atoms with Crippen molar-refractivity contribution < 1.29 is 4.84 Å². The molecule has 2 heteroatoms. The Balaban J connectivity index is 2.56. The van der Waals surface area contributed by atoms with E-state index in [9.17, 15) is 0 Å². The lowest BCUT2D eigenvalue weighted by Crippen LogP contribution is -2.18. The van der Waals surface area contributed by atoms with Crippen LogP contribution in [-0.4, -0.2) is 18.7 Å². The van der Waals surface area contributed by atoms with Crippen LogP contribution in [0.15, 0.2) is 23.9 Å². The van der Waals surface area contributed by atoms with E-state index in [2.05, 4.69) is 19.1 Å². The van der Waals surface area contributed by atoms with Crippen molar-refractivity contribution in [2.45, 2.75) is 13.3 Å². The second kappa shape index (κ2) is 3.42. The summed E-state index contributed by atoms with van der Waals surface area (Å²) in [6.07, 6.45) is 7.33. The summed E-state index contributed by atoms with van der Waals surface area (Å²) in [7, 11) is 1.68. The fourth-order valence-electron chi connectivity index (χ4n) is 0.925. The van der Waals surface area contributed by atoms with Gasteiger partial charge < -0.3 is 0 Å². The maximum atomic E-state index is 5.03. The smallest absolute Gasteiger partial charge is 0.0638 e. The van der Waals surface area contributed by atoms with Crippen molar-refractivity contribution in [3.63, 3.8) is 0 Å². The van der Waals surface area contributed by atoms with Crippen LogP contribution < -0.4 is 0 Å². The predicted molar refractivity (Wildman–Crippen MR) is 41.2 cm³/mol. The van der Waals surface area contributed by atoms with Gasteiger partial charge in [-0.1, -0.05) is 19.1 Å². The Kier molecular flexibility index (Phi) is 2.51. The molecule has 0 aromatic carbocycles. The Hall–Kier alpha value is -0.760. The summed E-state index contributed by atoms with van der Waals surface area (Å²) in [5, 5.41) is 1.82. The molecule has 0 unspecified atom stereocenters. The molecule has 0 spiro atoms. The van der Waals surface area contributed by atoms with E-state index in [4.69, 9.17) is 4.84 Å². The molecule has 1 heterocycles. The summed E-state index contributed by atoms with van der Waals surface area (Å²) in [6.45, 7) is 3.00. The third-order valence-electron chi connectivity index (χ3n) is 1.57. The van der Waals surface area contributed by atoms with E-state index in [1.165, 1.54) is 5.57 Å². The van der Waals surface area contributed by atoms with E-state index in [-0.39, 0.29) is 0 Å². The van der Waals surface area contributed by atoms with E-state index in [1.807, 2.05) is 11.3 Å². The van der Waals surface area contributed by atoms with Gasteiger partial charge in [0.2, 0.25) is 0 Å². The van der Waals surface area contributed by atoms with Crippen molar-refractivity contribution in [3.05, 3.63) is 23.9 Å². The van der Waals surface area contributed by atoms with Gasteiger partial charge in [0.15, 0.2) is 0 Å². The first-order valence-electron chi connectivity index (χ1n) is 3.54. The van der Waals surface area contributed by atoms with Crippen LogP contribution in [0.5, 0.6) is 0 Å². The van der Waals surface area contributed by atoms with Gasteiger partial charge in [-0.2, -0.15) is 0 Å². The topological polar surface area (TPSA) is 12.5 Å². The molecule has 0 fully saturated rings. The van der Waals surface area contributed by atoms with E-state index in [0.29, 0.717) is 0 Å². The van der Waals surface area contributed by atoms with Crippen molar-refractivity contribution in [2.75, 3.05) is 13.7 Å². The van der Waals surface area contributed by atoms with E-state index in [1.54, 1.807) is 7.11 Å². The van der Waals surface area contributed by atoms with Gasteiger partial charge in [0, 0.05) is 6.20 Å². The molecule has 0 saturated carbocycles. The lowest BCUT2D eigenvalue weighted by Gasteiger charge is -2.19. The van der Waals surface area contributed by atoms with Gasteiger partial charge in [-0.3, -0.25) is 9.90 Å². The third kappa shape index (κ3) is 1.61. The SMILES string of the molecule is CCC1=CN(OC)CC=C1. The van der Waals surface area contributed by atoms with E-state index >= 15 is 0 Å². The van der Waals surface area contributed by atoms with Crippen molar-refractivity contribution >= 4 is 0 Å². The van der Waals surface area contributed by atoms with E-state index in [0.717, 1.165) is 13.0 Å². The number of hydrogen-bond donors (Lipinski definition) is 0. The van der Waals surface area contributed by atoms with Crippen LogP contribution in [0.1, 0.15) is 13.3 Å². The van der Waals surface area contributed by atoms with Crippen LogP contribution in [0.3, 0.4) is 0 Å². The molecule has 0 N–H and O–H groups in total. The first-order valence-corrected chi connectivity index (χ1v) is 3.54. The Morgan fingerprint density at radius 2 is 2.50 bits per heavy atom. The molecule has 56 valence electrons. The van der Waals surface area contributed by atoms with Crippen molar-refractivity contribution in [1.29, 1.82) is 0 Å². The summed E-state index contributed by atoms with van der Waals surface area (Å²) in [5.41, 5.74) is 1.31. The molecule has 0 atom stereocenters. The van der Waals surface area contributed by atoms with Crippen LogP contribution in [0.4, 0.5) is 0 Å². The molecule has 0 saturated heterocycles. The molecular weight excluding hydrogens is 126 g/mol. The Labute approximate surface area is 61.7 Å². The largest absolute Gasteiger partial charge is 0.277 e. The number of hydroxylamine groups is 2. The summed E-state index contributed by atoms with van der Waals surface area (Å²) in [5.74, 6) is 0. The van der Waals surface area contributed by atoms with Gasteiger partial charge in [-0.05, 0) is 12.0 Å². The minimum Gasteiger partial charge on any atom is -0.277 e. The zero-order valence-corrected chi connectivity index (χ0v) is 6.50. The molecule has 2 nitrogen and oxygen atoms in total. The molecule has 1 aliphatic heterocycles. The molecule has 0 aromatic rings. The van der Waals surface area contributed by atoms with Gasteiger partial charge in [0.05, 0.1) is 13.7 Å². The highest BCUT2D eigenvalue weighted by molar-refractivity contribution is 5.20. The monoisotopic (exact) mass is 139 g/mol. The zero-order valence-electron chi connectivity index (χ0n) is 6.50. The second-order valence-corrected chi connectivity index (χ2v) is 2.24. The second-order valence-electron chi connectivity index (χ2n) is 2.24. The molecule has 0 radical (unpaired) electrons. The van der Waals surface area contributed by atoms with Gasteiger partial charge >= 0.3 is 0 Å². The highest BCUT2D eigenvalue weighted by Crippen LogP contribution is 2.09. The summed E-state index contributed by atoms with van der Waals surface area (Å²) >= 11 is 0. The number of nitrogens with zero attached hydrogens (tertiary/aromatic N) is 1. The first kappa shape index (κ1) is 7.35. The van der Waals surface area contributed by atoms with Crippen molar-refractivity contribution in [1.82, 2.24) is 5.06 Å². The summed E-state index contributed by atoms with van der Waals surface area (Å²) in [4.78, 5) is 5.03. The standard InChI is InChI=1S/C8H13NO/c1-3-8-5-4-6-9(7-8)10-2/h4-5,7H,3,6H2,1-2H3. The van der Waals surface area contributed by atoms with Gasteiger partial charge in [0.1, 0.15) is 0 Å². The summed E-state index contributed by atoms with van der Waals surface area (Å²) in [6, 6.07) is 0. The van der Waals surface area contributed by atoms with Crippen LogP contribution >= 0.6 is 0 Å². The van der Waals surface area contributed by atoms with Crippen LogP contribution in [0.25, 0.3) is 0 Å². The molecule has 0 bridgehead atoms. The van der Waals surface area contributed by atoms with Gasteiger partial charge in [-0.15, -0.1) is 0 Å². The number of rotatable bonds is 2. The minimum atomic E-state index is 0.861. The summed E-state index contributed by atoms with van der Waals surface area (Å²) < 4.78 is 0. The van der Waals surface area contributed by atoms with Crippen LogP contribution in [0, 0.1) is 0 Å². The van der Waals surface area contributed by atoms with Crippen LogP contribution in [-0.2, 0) is 4.84 Å². The van der Waals surface area contributed by atoms with Crippen molar-refractivity contribution in [2.24, 2.45) is 0 Å². The normalized spacial score (nSPS) is 17.4. The maximum absolute atomic E-state index is 5.03. The maximum Gasteiger partial charge on any atom is 0.0638 e. The lowest BCUT2D eigenvalue weighted by atomic mass is 10.2. The third-order valence-corrected chi connectivity index (χ3v) is 1.57. The quantitative estimate of drug-likeness (QED) is 0.577. The highest BCUT2D eigenvalue weighted by Gasteiger charge is 2.00. The van der Waals surface area contributed by atoms with Crippen molar-refractivity contribution in [3.8, 4) is 0 Å². The van der Waals surface area contributed by atoms with E-state index < -0.39 is 0 Å². The predicted octanol–water partition coefficient (Wildman–Crippen LogP) is 1.71. The fraction of sp³-hybridized carbons (Fsp3) is 0.500. The van der Waals surface area contributed by atoms with Gasteiger partial charge in [0.25, 0.3) is 0 Å².